The number of hydrogen-bond donors (Lipinski definition) is 2. The van der Waals surface area contributed by atoms with Crippen molar-refractivity contribution in [2.45, 2.75) is 38.6 Å². The van der Waals surface area contributed by atoms with Crippen molar-refractivity contribution in [3.8, 4) is 0 Å². The molecule has 1 fully saturated rings. The van der Waals surface area contributed by atoms with Gasteiger partial charge in [-0.05, 0) is 32.4 Å². The van der Waals surface area contributed by atoms with Gasteiger partial charge in [-0.2, -0.15) is 0 Å². The lowest BCUT2D eigenvalue weighted by Crippen LogP contribution is -2.48. The van der Waals surface area contributed by atoms with Gasteiger partial charge in [0.1, 0.15) is 0 Å². The van der Waals surface area contributed by atoms with Crippen LogP contribution in [-0.4, -0.2) is 60.1 Å². The van der Waals surface area contributed by atoms with Crippen LogP contribution in [0, 0.1) is 0 Å². The number of carbonyl (C=O) groups is 2. The average molecular weight is 347 g/mol. The summed E-state index contributed by atoms with van der Waals surface area (Å²) in [6.45, 7) is 8.31. The Kier molecular flexibility index (Phi) is 6.82. The summed E-state index contributed by atoms with van der Waals surface area (Å²) in [6.07, 6.45) is 0.945. The van der Waals surface area contributed by atoms with Crippen molar-refractivity contribution in [3.05, 3.63) is 30.3 Å². The number of nitrogens with zero attached hydrogens (tertiary/aromatic N) is 2. The summed E-state index contributed by atoms with van der Waals surface area (Å²) in [7, 11) is 0. The predicted octanol–water partition coefficient (Wildman–Crippen LogP) is 1.96. The highest BCUT2D eigenvalue weighted by Crippen LogP contribution is 2.16. The third-order valence-electron chi connectivity index (χ3n) is 4.59. The minimum Gasteiger partial charge on any atom is -0.481 e. The van der Waals surface area contributed by atoms with Crippen LogP contribution >= 0.6 is 0 Å². The summed E-state index contributed by atoms with van der Waals surface area (Å²) in [5, 5.41) is 11.7. The Balaban J connectivity index is 1.68. The van der Waals surface area contributed by atoms with Gasteiger partial charge in [0.2, 0.25) is 5.91 Å². The number of benzene rings is 1. The molecule has 1 aromatic rings. The van der Waals surface area contributed by atoms with E-state index in [1.54, 1.807) is 0 Å². The molecular formula is C19H29N3O3. The van der Waals surface area contributed by atoms with Crippen LogP contribution in [0.5, 0.6) is 0 Å². The SMILES string of the molecule is CC(C)(CCC(=O)O)NC(=O)CCN1CCN(c2ccccc2)CC1. The standard InChI is InChI=1S/C19H29N3O3/c1-19(2,10-8-18(24)25)20-17(23)9-11-21-12-14-22(15-13-21)16-6-4-3-5-7-16/h3-7H,8-15H2,1-2H3,(H,20,23)(H,24,25). The van der Waals surface area contributed by atoms with Gasteiger partial charge in [0.25, 0.3) is 0 Å². The molecule has 2 rings (SSSR count). The molecule has 1 aliphatic rings. The quantitative estimate of drug-likeness (QED) is 0.752. The first-order chi connectivity index (χ1) is 11.9. The van der Waals surface area contributed by atoms with Crippen LogP contribution < -0.4 is 10.2 Å². The number of carbonyl (C=O) groups excluding carboxylic acids is 1. The molecule has 138 valence electrons. The Morgan fingerprint density at radius 1 is 1.08 bits per heavy atom. The maximum atomic E-state index is 12.1. The van der Waals surface area contributed by atoms with Crippen LogP contribution in [0.4, 0.5) is 5.69 Å². The highest BCUT2D eigenvalue weighted by molar-refractivity contribution is 5.77. The molecule has 0 saturated carbocycles. The average Bonchev–Trinajstić information content (AvgIpc) is 2.59. The molecule has 0 bridgehead atoms. The summed E-state index contributed by atoms with van der Waals surface area (Å²) in [6, 6.07) is 10.4. The van der Waals surface area contributed by atoms with Crippen molar-refractivity contribution in [2.75, 3.05) is 37.6 Å². The molecule has 25 heavy (non-hydrogen) atoms. The van der Waals surface area contributed by atoms with Gasteiger partial charge in [0.05, 0.1) is 0 Å². The Labute approximate surface area is 149 Å². The molecule has 1 aromatic carbocycles. The molecule has 0 aliphatic carbocycles. The Morgan fingerprint density at radius 3 is 2.32 bits per heavy atom. The molecule has 6 heteroatoms. The topological polar surface area (TPSA) is 72.9 Å². The first kappa shape index (κ1) is 19.2. The number of piperazine rings is 1. The minimum atomic E-state index is -0.835. The van der Waals surface area contributed by atoms with Crippen molar-refractivity contribution >= 4 is 17.6 Å². The first-order valence-corrected chi connectivity index (χ1v) is 8.91. The van der Waals surface area contributed by atoms with Crippen molar-refractivity contribution in [3.63, 3.8) is 0 Å². The monoisotopic (exact) mass is 347 g/mol. The van der Waals surface area contributed by atoms with Gasteiger partial charge in [-0.1, -0.05) is 18.2 Å². The third kappa shape index (κ3) is 6.74. The van der Waals surface area contributed by atoms with Gasteiger partial charge < -0.3 is 15.3 Å². The number of amides is 1. The maximum absolute atomic E-state index is 12.1. The first-order valence-electron chi connectivity index (χ1n) is 8.91. The second kappa shape index (κ2) is 8.85. The maximum Gasteiger partial charge on any atom is 0.303 e. The van der Waals surface area contributed by atoms with Gasteiger partial charge in [-0.25, -0.2) is 0 Å². The zero-order valence-corrected chi connectivity index (χ0v) is 15.2. The Hall–Kier alpha value is -2.08. The number of anilines is 1. The highest BCUT2D eigenvalue weighted by Gasteiger charge is 2.22. The van der Waals surface area contributed by atoms with Crippen LogP contribution in [-0.2, 0) is 9.59 Å². The number of carboxylic acid groups (broad SMARTS) is 1. The number of aliphatic carboxylic acids is 1. The van der Waals surface area contributed by atoms with Gasteiger partial charge >= 0.3 is 5.97 Å². The minimum absolute atomic E-state index is 0.0131. The molecule has 1 aliphatic heterocycles. The van der Waals surface area contributed by atoms with E-state index in [1.165, 1.54) is 5.69 Å². The second-order valence-corrected chi connectivity index (χ2v) is 7.24. The van der Waals surface area contributed by atoms with E-state index in [-0.39, 0.29) is 12.3 Å². The molecule has 1 amide bonds. The molecule has 1 heterocycles. The number of rotatable bonds is 8. The highest BCUT2D eigenvalue weighted by atomic mass is 16.4. The molecule has 0 atom stereocenters. The van der Waals surface area contributed by atoms with Crippen molar-refractivity contribution in [1.82, 2.24) is 10.2 Å². The fourth-order valence-corrected chi connectivity index (χ4v) is 3.05. The summed E-state index contributed by atoms with van der Waals surface area (Å²) in [5.74, 6) is -0.848. The molecule has 0 unspecified atom stereocenters. The van der Waals surface area contributed by atoms with E-state index >= 15 is 0 Å². The van der Waals surface area contributed by atoms with E-state index < -0.39 is 11.5 Å². The van der Waals surface area contributed by atoms with Crippen LogP contribution in [0.1, 0.15) is 33.1 Å². The zero-order valence-electron chi connectivity index (χ0n) is 15.2. The number of para-hydroxylation sites is 1. The van der Waals surface area contributed by atoms with Crippen molar-refractivity contribution in [1.29, 1.82) is 0 Å². The molecule has 0 radical (unpaired) electrons. The summed E-state index contributed by atoms with van der Waals surface area (Å²) in [5.41, 5.74) is 0.765. The molecule has 0 aromatic heterocycles. The second-order valence-electron chi connectivity index (χ2n) is 7.24. The largest absolute Gasteiger partial charge is 0.481 e. The van der Waals surface area contributed by atoms with Gasteiger partial charge in [-0.15, -0.1) is 0 Å². The van der Waals surface area contributed by atoms with Crippen LogP contribution in [0.15, 0.2) is 30.3 Å². The predicted molar refractivity (Wildman–Crippen MR) is 98.8 cm³/mol. The number of nitrogens with one attached hydrogen (secondary N) is 1. The van der Waals surface area contributed by atoms with E-state index in [1.807, 2.05) is 19.9 Å². The lowest BCUT2D eigenvalue weighted by atomic mass is 9.98. The lowest BCUT2D eigenvalue weighted by molar-refractivity contribution is -0.137. The number of hydrogen-bond acceptors (Lipinski definition) is 4. The fourth-order valence-electron chi connectivity index (χ4n) is 3.05. The van der Waals surface area contributed by atoms with E-state index in [0.717, 1.165) is 32.7 Å². The zero-order chi connectivity index (χ0) is 18.3. The summed E-state index contributed by atoms with van der Waals surface area (Å²) in [4.78, 5) is 27.5. The third-order valence-corrected chi connectivity index (χ3v) is 4.59. The molecule has 6 nitrogen and oxygen atoms in total. The molecule has 0 spiro atoms. The Bertz CT molecular complexity index is 567. The molecular weight excluding hydrogens is 318 g/mol. The normalized spacial score (nSPS) is 15.8. The van der Waals surface area contributed by atoms with Crippen LogP contribution in [0.3, 0.4) is 0 Å². The van der Waals surface area contributed by atoms with Crippen molar-refractivity contribution in [2.24, 2.45) is 0 Å². The van der Waals surface area contributed by atoms with E-state index in [2.05, 4.69) is 39.4 Å². The summed E-state index contributed by atoms with van der Waals surface area (Å²) < 4.78 is 0. The lowest BCUT2D eigenvalue weighted by Gasteiger charge is -2.36. The Morgan fingerprint density at radius 2 is 1.72 bits per heavy atom. The fraction of sp³-hybridized carbons (Fsp3) is 0.579. The van der Waals surface area contributed by atoms with Crippen molar-refractivity contribution < 1.29 is 14.7 Å². The number of carboxylic acids is 1. The van der Waals surface area contributed by atoms with E-state index in [4.69, 9.17) is 5.11 Å². The van der Waals surface area contributed by atoms with E-state index in [0.29, 0.717) is 12.8 Å². The molecule has 1 saturated heterocycles. The van der Waals surface area contributed by atoms with Crippen LogP contribution in [0.2, 0.25) is 0 Å². The van der Waals surface area contributed by atoms with Gasteiger partial charge in [0.15, 0.2) is 0 Å². The molecule has 2 N–H and O–H groups in total. The van der Waals surface area contributed by atoms with Crippen LogP contribution in [0.25, 0.3) is 0 Å². The van der Waals surface area contributed by atoms with Gasteiger partial charge in [-0.3, -0.25) is 14.5 Å². The van der Waals surface area contributed by atoms with Gasteiger partial charge in [0, 0.05) is 56.8 Å². The smallest absolute Gasteiger partial charge is 0.303 e. The summed E-state index contributed by atoms with van der Waals surface area (Å²) >= 11 is 0. The van der Waals surface area contributed by atoms with E-state index in [9.17, 15) is 9.59 Å².